The van der Waals surface area contributed by atoms with Crippen LogP contribution in [-0.4, -0.2) is 62.9 Å². The van der Waals surface area contributed by atoms with Gasteiger partial charge in [-0.15, -0.1) is 0 Å². The quantitative estimate of drug-likeness (QED) is 0.532. The minimum Gasteiger partial charge on any atom is -0.386 e. The maximum Gasteiger partial charge on any atom is 0.313 e. The van der Waals surface area contributed by atoms with Crippen molar-refractivity contribution in [3.63, 3.8) is 0 Å². The van der Waals surface area contributed by atoms with Crippen LogP contribution in [0, 0.1) is 6.92 Å². The minimum absolute atomic E-state index is 0.138. The Labute approximate surface area is 193 Å². The molecule has 0 radical (unpaired) electrons. The summed E-state index contributed by atoms with van der Waals surface area (Å²) in [6.45, 7) is 5.56. The summed E-state index contributed by atoms with van der Waals surface area (Å²) in [5.41, 5.74) is 3.80. The van der Waals surface area contributed by atoms with Crippen LogP contribution in [0.1, 0.15) is 12.5 Å². The van der Waals surface area contributed by atoms with E-state index in [1.54, 1.807) is 37.2 Å². The van der Waals surface area contributed by atoms with Crippen molar-refractivity contribution in [3.05, 3.63) is 47.0 Å². The van der Waals surface area contributed by atoms with Gasteiger partial charge in [0, 0.05) is 56.2 Å². The molecule has 0 saturated carbocycles. The number of carbonyl (C=O) groups excluding carboxylic acids is 3. The van der Waals surface area contributed by atoms with Crippen LogP contribution >= 0.6 is 11.6 Å². The van der Waals surface area contributed by atoms with Gasteiger partial charge in [0.1, 0.15) is 0 Å². The first-order chi connectivity index (χ1) is 15.2. The molecule has 1 aliphatic heterocycles. The fourth-order valence-corrected chi connectivity index (χ4v) is 3.92. The summed E-state index contributed by atoms with van der Waals surface area (Å²) in [5, 5.41) is 6.37. The Hall–Kier alpha value is -3.26. The van der Waals surface area contributed by atoms with Crippen molar-refractivity contribution in [2.24, 2.45) is 0 Å². The number of benzene rings is 2. The number of hydrogen-bond donors (Lipinski definition) is 2. The van der Waals surface area contributed by atoms with Crippen LogP contribution in [0.2, 0.25) is 5.02 Å². The highest BCUT2D eigenvalue weighted by Gasteiger charge is 2.31. The summed E-state index contributed by atoms with van der Waals surface area (Å²) in [7, 11) is 3.36. The summed E-state index contributed by atoms with van der Waals surface area (Å²) in [4.78, 5) is 41.9. The molecule has 0 bridgehead atoms. The molecule has 1 heterocycles. The third-order valence-electron chi connectivity index (χ3n) is 5.65. The van der Waals surface area contributed by atoms with Crippen LogP contribution in [0.3, 0.4) is 0 Å². The highest BCUT2D eigenvalue weighted by molar-refractivity contribution is 6.39. The number of anilines is 4. The number of piperazine rings is 1. The molecule has 2 aromatic rings. The number of carbonyl (C=O) groups is 3. The molecule has 0 aromatic heterocycles. The van der Waals surface area contributed by atoms with E-state index in [2.05, 4.69) is 15.5 Å². The molecule has 1 atom stereocenters. The van der Waals surface area contributed by atoms with Crippen molar-refractivity contribution in [2.75, 3.05) is 54.2 Å². The fourth-order valence-electron chi connectivity index (χ4n) is 3.80. The smallest absolute Gasteiger partial charge is 0.313 e. The average molecular weight is 458 g/mol. The Balaban J connectivity index is 1.67. The molecule has 3 amide bonds. The zero-order chi connectivity index (χ0) is 23.4. The number of amides is 3. The lowest BCUT2D eigenvalue weighted by atomic mass is 10.1. The lowest BCUT2D eigenvalue weighted by Gasteiger charge is -2.40. The van der Waals surface area contributed by atoms with Crippen molar-refractivity contribution in [1.29, 1.82) is 0 Å². The van der Waals surface area contributed by atoms with Gasteiger partial charge in [-0.25, -0.2) is 0 Å². The van der Waals surface area contributed by atoms with E-state index in [1.807, 2.05) is 32.0 Å². The Morgan fingerprint density at radius 2 is 1.94 bits per heavy atom. The summed E-state index contributed by atoms with van der Waals surface area (Å²) in [5.74, 6) is -1.28. The van der Waals surface area contributed by atoms with Crippen molar-refractivity contribution < 1.29 is 14.4 Å². The number of nitrogens with one attached hydrogen (secondary N) is 2. The first-order valence-electron chi connectivity index (χ1n) is 10.4. The van der Waals surface area contributed by atoms with Gasteiger partial charge in [-0.05, 0) is 55.8 Å². The van der Waals surface area contributed by atoms with Gasteiger partial charge < -0.3 is 25.3 Å². The molecule has 0 aliphatic carbocycles. The van der Waals surface area contributed by atoms with E-state index in [0.29, 0.717) is 37.4 Å². The molecule has 32 heavy (non-hydrogen) atoms. The van der Waals surface area contributed by atoms with Crippen LogP contribution < -0.4 is 20.4 Å². The molecular weight excluding hydrogens is 430 g/mol. The van der Waals surface area contributed by atoms with E-state index in [4.69, 9.17) is 11.6 Å². The topological polar surface area (TPSA) is 85.0 Å². The maximum absolute atomic E-state index is 12.9. The Morgan fingerprint density at radius 3 is 2.56 bits per heavy atom. The third-order valence-corrected chi connectivity index (χ3v) is 6.08. The lowest BCUT2D eigenvalue weighted by Crippen LogP contribution is -2.56. The van der Waals surface area contributed by atoms with Gasteiger partial charge in [0.05, 0.1) is 11.4 Å². The first-order valence-corrected chi connectivity index (χ1v) is 10.8. The second-order valence-electron chi connectivity index (χ2n) is 7.88. The molecule has 0 spiro atoms. The number of aryl methyl sites for hydroxylation is 1. The van der Waals surface area contributed by atoms with Gasteiger partial charge in [-0.1, -0.05) is 11.6 Å². The van der Waals surface area contributed by atoms with E-state index in [9.17, 15) is 14.4 Å². The van der Waals surface area contributed by atoms with Crippen molar-refractivity contribution >= 4 is 52.6 Å². The minimum atomic E-state index is -0.704. The number of hydrogen-bond acceptors (Lipinski definition) is 5. The maximum atomic E-state index is 12.9. The number of rotatable bonds is 5. The van der Waals surface area contributed by atoms with Crippen molar-refractivity contribution in [1.82, 2.24) is 4.90 Å². The molecule has 3 rings (SSSR count). The largest absolute Gasteiger partial charge is 0.386 e. The molecule has 1 saturated heterocycles. The molecule has 8 nitrogen and oxygen atoms in total. The zero-order valence-corrected chi connectivity index (χ0v) is 19.4. The Kier molecular flexibility index (Phi) is 7.25. The van der Waals surface area contributed by atoms with Gasteiger partial charge in [0.2, 0.25) is 6.41 Å². The standard InChI is InChI=1S/C23H28ClN5O3/c1-15-11-18(6-7-19(15)24)28-9-10-29(16(2)13-28)23(32)22(31)26-17-5-8-20(25-3)21(12-17)27(4)14-30/h5-8,11-12,14,16,25H,9-10,13H2,1-4H3,(H,26,31). The molecule has 170 valence electrons. The Morgan fingerprint density at radius 1 is 1.19 bits per heavy atom. The second kappa shape index (κ2) is 9.91. The van der Waals surface area contributed by atoms with Crippen LogP contribution in [0.5, 0.6) is 0 Å². The number of halogens is 1. The molecule has 2 aromatic carbocycles. The van der Waals surface area contributed by atoms with E-state index in [1.165, 1.54) is 4.90 Å². The molecule has 1 fully saturated rings. The van der Waals surface area contributed by atoms with Gasteiger partial charge in [0.25, 0.3) is 0 Å². The summed E-state index contributed by atoms with van der Waals surface area (Å²) in [6.07, 6.45) is 0.677. The van der Waals surface area contributed by atoms with Crippen LogP contribution in [-0.2, 0) is 14.4 Å². The SMILES string of the molecule is CNc1ccc(NC(=O)C(=O)N2CCN(c3ccc(Cl)c(C)c3)CC2C)cc1N(C)C=O. The van der Waals surface area contributed by atoms with Crippen LogP contribution in [0.4, 0.5) is 22.7 Å². The normalized spacial score (nSPS) is 15.8. The predicted octanol–water partition coefficient (Wildman–Crippen LogP) is 2.96. The summed E-state index contributed by atoms with van der Waals surface area (Å²) < 4.78 is 0. The molecule has 2 N–H and O–H groups in total. The summed E-state index contributed by atoms with van der Waals surface area (Å²) >= 11 is 6.13. The molecule has 1 aliphatic rings. The first kappa shape index (κ1) is 23.4. The third kappa shape index (κ3) is 4.96. The average Bonchev–Trinajstić information content (AvgIpc) is 2.79. The van der Waals surface area contributed by atoms with E-state index in [0.717, 1.165) is 22.0 Å². The van der Waals surface area contributed by atoms with E-state index >= 15 is 0 Å². The highest BCUT2D eigenvalue weighted by atomic mass is 35.5. The molecule has 1 unspecified atom stereocenters. The molecular formula is C23H28ClN5O3. The van der Waals surface area contributed by atoms with Gasteiger partial charge in [-0.2, -0.15) is 0 Å². The Bertz CT molecular complexity index is 1030. The highest BCUT2D eigenvalue weighted by Crippen LogP contribution is 2.28. The van der Waals surface area contributed by atoms with Gasteiger partial charge >= 0.3 is 11.8 Å². The molecule has 9 heteroatoms. The van der Waals surface area contributed by atoms with Crippen molar-refractivity contribution in [2.45, 2.75) is 19.9 Å². The monoisotopic (exact) mass is 457 g/mol. The predicted molar refractivity (Wildman–Crippen MR) is 129 cm³/mol. The van der Waals surface area contributed by atoms with Crippen LogP contribution in [0.25, 0.3) is 0 Å². The zero-order valence-electron chi connectivity index (χ0n) is 18.7. The van der Waals surface area contributed by atoms with E-state index < -0.39 is 11.8 Å². The van der Waals surface area contributed by atoms with Crippen molar-refractivity contribution in [3.8, 4) is 0 Å². The summed E-state index contributed by atoms with van der Waals surface area (Å²) in [6, 6.07) is 10.8. The van der Waals surface area contributed by atoms with Gasteiger partial charge in [0.15, 0.2) is 0 Å². The lowest BCUT2D eigenvalue weighted by molar-refractivity contribution is -0.144. The second-order valence-corrected chi connectivity index (χ2v) is 8.29. The van der Waals surface area contributed by atoms with E-state index in [-0.39, 0.29) is 6.04 Å². The van der Waals surface area contributed by atoms with Crippen LogP contribution in [0.15, 0.2) is 36.4 Å². The fraction of sp³-hybridized carbons (Fsp3) is 0.348. The number of nitrogens with zero attached hydrogens (tertiary/aromatic N) is 3. The van der Waals surface area contributed by atoms with Gasteiger partial charge in [-0.3, -0.25) is 14.4 Å².